The van der Waals surface area contributed by atoms with Gasteiger partial charge < -0.3 is 26.0 Å². The lowest BCUT2D eigenvalue weighted by atomic mass is 10.0. The number of carbonyl (C=O) groups excluding carboxylic acids is 1. The van der Waals surface area contributed by atoms with Gasteiger partial charge in [-0.05, 0) is 0 Å². The van der Waals surface area contributed by atoms with Gasteiger partial charge in [-0.15, -0.1) is 0 Å². The monoisotopic (exact) mass is 218 g/mol. The van der Waals surface area contributed by atoms with Crippen molar-refractivity contribution in [2.24, 2.45) is 11.7 Å². The van der Waals surface area contributed by atoms with Crippen molar-refractivity contribution in [3.8, 4) is 0 Å². The minimum atomic E-state index is -1.29. The number of aliphatic carboxylic acids is 1. The van der Waals surface area contributed by atoms with Crippen molar-refractivity contribution in [2.75, 3.05) is 19.8 Å². The van der Waals surface area contributed by atoms with Crippen molar-refractivity contribution in [3.05, 3.63) is 0 Å². The highest BCUT2D eigenvalue weighted by atomic mass is 16.5. The third-order valence-corrected chi connectivity index (χ3v) is 2.26. The quantitative estimate of drug-likeness (QED) is 0.414. The molecular formula is C8H14N2O5. The van der Waals surface area contributed by atoms with E-state index in [1.54, 1.807) is 0 Å². The Hall–Kier alpha value is -1.18. The van der Waals surface area contributed by atoms with Gasteiger partial charge in [-0.2, -0.15) is 0 Å². The molecule has 0 aromatic heterocycles. The third-order valence-electron chi connectivity index (χ3n) is 2.26. The molecule has 1 aliphatic rings. The van der Waals surface area contributed by atoms with Crippen molar-refractivity contribution in [3.63, 3.8) is 0 Å². The first-order chi connectivity index (χ1) is 7.06. The van der Waals surface area contributed by atoms with Crippen LogP contribution in [-0.4, -0.2) is 54.0 Å². The molecule has 1 rings (SSSR count). The molecule has 0 bridgehead atoms. The van der Waals surface area contributed by atoms with E-state index < -0.39 is 36.5 Å². The lowest BCUT2D eigenvalue weighted by Gasteiger charge is -2.16. The fourth-order valence-electron chi connectivity index (χ4n) is 1.31. The molecule has 86 valence electrons. The molecule has 1 fully saturated rings. The molecule has 7 heteroatoms. The first kappa shape index (κ1) is 11.9. The number of hydrogen-bond donors (Lipinski definition) is 4. The molecule has 0 radical (unpaired) electrons. The summed E-state index contributed by atoms with van der Waals surface area (Å²) in [6.07, 6.45) is 0. The zero-order valence-electron chi connectivity index (χ0n) is 8.05. The SMILES string of the molecule is NC1COCC1C(=O)N[C@H](CO)C(=O)O. The van der Waals surface area contributed by atoms with Crippen LogP contribution >= 0.6 is 0 Å². The van der Waals surface area contributed by atoms with Crippen LogP contribution in [0, 0.1) is 5.92 Å². The van der Waals surface area contributed by atoms with Crippen LogP contribution in [0.1, 0.15) is 0 Å². The highest BCUT2D eigenvalue weighted by molar-refractivity contribution is 5.85. The fraction of sp³-hybridized carbons (Fsp3) is 0.750. The van der Waals surface area contributed by atoms with Crippen LogP contribution in [0.4, 0.5) is 0 Å². The van der Waals surface area contributed by atoms with Crippen LogP contribution < -0.4 is 11.1 Å². The predicted octanol–water partition coefficient (Wildman–Crippen LogP) is -2.48. The lowest BCUT2D eigenvalue weighted by molar-refractivity contribution is -0.143. The summed E-state index contributed by atoms with van der Waals surface area (Å²) in [6, 6.07) is -1.71. The van der Waals surface area contributed by atoms with Crippen LogP contribution in [-0.2, 0) is 14.3 Å². The molecule has 0 saturated carbocycles. The molecule has 0 aromatic carbocycles. The molecule has 1 aliphatic heterocycles. The van der Waals surface area contributed by atoms with Crippen molar-refractivity contribution in [1.29, 1.82) is 0 Å². The van der Waals surface area contributed by atoms with Gasteiger partial charge in [0.25, 0.3) is 0 Å². The zero-order valence-corrected chi connectivity index (χ0v) is 8.05. The lowest BCUT2D eigenvalue weighted by Crippen LogP contribution is -2.49. The Morgan fingerprint density at radius 1 is 1.53 bits per heavy atom. The van der Waals surface area contributed by atoms with Gasteiger partial charge in [-0.3, -0.25) is 4.79 Å². The molecule has 0 spiro atoms. The van der Waals surface area contributed by atoms with E-state index in [-0.39, 0.29) is 13.2 Å². The number of carboxylic acids is 1. The summed E-state index contributed by atoms with van der Waals surface area (Å²) in [5.41, 5.74) is 5.58. The van der Waals surface area contributed by atoms with Crippen molar-refractivity contribution >= 4 is 11.9 Å². The van der Waals surface area contributed by atoms with Crippen LogP contribution in [0.15, 0.2) is 0 Å². The van der Waals surface area contributed by atoms with Gasteiger partial charge >= 0.3 is 5.97 Å². The van der Waals surface area contributed by atoms with Crippen LogP contribution in [0.2, 0.25) is 0 Å². The maximum atomic E-state index is 11.5. The number of carbonyl (C=O) groups is 2. The Morgan fingerprint density at radius 2 is 2.20 bits per heavy atom. The number of nitrogens with one attached hydrogen (secondary N) is 1. The summed E-state index contributed by atoms with van der Waals surface area (Å²) in [5.74, 6) is -2.32. The number of amides is 1. The molecule has 7 nitrogen and oxygen atoms in total. The van der Waals surface area contributed by atoms with Gasteiger partial charge in [0.1, 0.15) is 6.04 Å². The Morgan fingerprint density at radius 3 is 2.60 bits per heavy atom. The molecule has 5 N–H and O–H groups in total. The fourth-order valence-corrected chi connectivity index (χ4v) is 1.31. The van der Waals surface area contributed by atoms with Crippen LogP contribution in [0.3, 0.4) is 0 Å². The van der Waals surface area contributed by atoms with Gasteiger partial charge in [-0.1, -0.05) is 0 Å². The van der Waals surface area contributed by atoms with Crippen LogP contribution in [0.25, 0.3) is 0 Å². The molecular weight excluding hydrogens is 204 g/mol. The Kier molecular flexibility index (Phi) is 4.01. The van der Waals surface area contributed by atoms with E-state index in [1.165, 1.54) is 0 Å². The number of aliphatic hydroxyl groups is 1. The Labute approximate surface area is 86.2 Å². The minimum Gasteiger partial charge on any atom is -0.480 e. The summed E-state index contributed by atoms with van der Waals surface area (Å²) >= 11 is 0. The number of rotatable bonds is 4. The number of ether oxygens (including phenoxy) is 1. The molecule has 3 atom stereocenters. The topological polar surface area (TPSA) is 122 Å². The Bertz CT molecular complexity index is 257. The second-order valence-electron chi connectivity index (χ2n) is 3.39. The molecule has 1 saturated heterocycles. The molecule has 0 aromatic rings. The second-order valence-corrected chi connectivity index (χ2v) is 3.39. The van der Waals surface area contributed by atoms with Gasteiger partial charge in [0.15, 0.2) is 0 Å². The van der Waals surface area contributed by atoms with E-state index >= 15 is 0 Å². The maximum Gasteiger partial charge on any atom is 0.328 e. The first-order valence-electron chi connectivity index (χ1n) is 4.53. The molecule has 0 aliphatic carbocycles. The van der Waals surface area contributed by atoms with Crippen molar-refractivity contribution in [2.45, 2.75) is 12.1 Å². The largest absolute Gasteiger partial charge is 0.480 e. The van der Waals surface area contributed by atoms with E-state index in [1.807, 2.05) is 0 Å². The van der Waals surface area contributed by atoms with Crippen molar-refractivity contribution in [1.82, 2.24) is 5.32 Å². The molecule has 1 amide bonds. The predicted molar refractivity (Wildman–Crippen MR) is 48.9 cm³/mol. The molecule has 1 heterocycles. The summed E-state index contributed by atoms with van der Waals surface area (Å²) in [5, 5.41) is 19.5. The van der Waals surface area contributed by atoms with E-state index in [9.17, 15) is 9.59 Å². The normalized spacial score (nSPS) is 27.3. The summed E-state index contributed by atoms with van der Waals surface area (Å²) in [6.45, 7) is -0.177. The molecule has 15 heavy (non-hydrogen) atoms. The number of nitrogens with two attached hydrogens (primary N) is 1. The second kappa shape index (κ2) is 5.06. The van der Waals surface area contributed by atoms with E-state index in [2.05, 4.69) is 5.32 Å². The Balaban J connectivity index is 2.50. The van der Waals surface area contributed by atoms with Gasteiger partial charge in [0.05, 0.1) is 25.7 Å². The molecule has 2 unspecified atom stereocenters. The van der Waals surface area contributed by atoms with Gasteiger partial charge in [0, 0.05) is 6.04 Å². The standard InChI is InChI=1S/C8H14N2O5/c9-5-3-15-2-4(5)7(12)10-6(1-11)8(13)14/h4-6,11H,1-3,9H2,(H,10,12)(H,13,14)/t4?,5?,6-/m1/s1. The number of aliphatic hydroxyl groups excluding tert-OH is 1. The van der Waals surface area contributed by atoms with Crippen LogP contribution in [0.5, 0.6) is 0 Å². The zero-order chi connectivity index (χ0) is 11.4. The highest BCUT2D eigenvalue weighted by Crippen LogP contribution is 2.11. The highest BCUT2D eigenvalue weighted by Gasteiger charge is 2.33. The van der Waals surface area contributed by atoms with E-state index in [4.69, 9.17) is 20.7 Å². The summed E-state index contributed by atoms with van der Waals surface area (Å²) < 4.78 is 4.97. The summed E-state index contributed by atoms with van der Waals surface area (Å²) in [7, 11) is 0. The first-order valence-corrected chi connectivity index (χ1v) is 4.53. The average molecular weight is 218 g/mol. The minimum absolute atomic E-state index is 0.185. The smallest absolute Gasteiger partial charge is 0.328 e. The third kappa shape index (κ3) is 2.88. The van der Waals surface area contributed by atoms with Crippen molar-refractivity contribution < 1.29 is 24.5 Å². The van der Waals surface area contributed by atoms with Gasteiger partial charge in [-0.25, -0.2) is 4.79 Å². The van der Waals surface area contributed by atoms with E-state index in [0.717, 1.165) is 0 Å². The average Bonchev–Trinajstić information content (AvgIpc) is 2.60. The van der Waals surface area contributed by atoms with E-state index in [0.29, 0.717) is 0 Å². The number of carboxylic acid groups (broad SMARTS) is 1. The summed E-state index contributed by atoms with van der Waals surface area (Å²) in [4.78, 5) is 22.0. The van der Waals surface area contributed by atoms with Gasteiger partial charge in [0.2, 0.25) is 5.91 Å². The maximum absolute atomic E-state index is 11.5. The number of hydrogen-bond acceptors (Lipinski definition) is 5.